The molecule has 1 aliphatic heterocycles. The summed E-state index contributed by atoms with van der Waals surface area (Å²) >= 11 is 0. The second-order valence-electron chi connectivity index (χ2n) is 9.50. The molecule has 2 rings (SSSR count). The molecule has 3 N–H and O–H groups in total. The van der Waals surface area contributed by atoms with Gasteiger partial charge in [-0.3, -0.25) is 4.55 Å². The van der Waals surface area contributed by atoms with Crippen molar-refractivity contribution in [2.45, 2.75) is 127 Å². The number of rotatable bonds is 19. The molecule has 0 aliphatic carbocycles. The maximum Gasteiger partial charge on any atom is 0.308 e. The molecule has 1 aromatic rings. The van der Waals surface area contributed by atoms with Gasteiger partial charge in [0.25, 0.3) is 0 Å². The quantitative estimate of drug-likeness (QED) is 0.142. The molecule has 1 aromatic carbocycles. The lowest BCUT2D eigenvalue weighted by molar-refractivity contribution is 0.434. The molecule has 0 fully saturated rings. The zero-order valence-corrected chi connectivity index (χ0v) is 21.0. The van der Waals surface area contributed by atoms with Crippen molar-refractivity contribution in [3.8, 4) is 0 Å². The zero-order valence-electron chi connectivity index (χ0n) is 20.2. The first-order valence-electron chi connectivity index (χ1n) is 13.1. The summed E-state index contributed by atoms with van der Waals surface area (Å²) in [4.78, 5) is -1.49. The topological polar surface area (TPSA) is 78.4 Å². The monoisotopic (exact) mass is 466 g/mol. The van der Waals surface area contributed by atoms with E-state index < -0.39 is 15.1 Å². The van der Waals surface area contributed by atoms with E-state index in [1.165, 1.54) is 89.9 Å². The zero-order chi connectivity index (χ0) is 23.1. The Hall–Kier alpha value is -1.27. The van der Waals surface area contributed by atoms with Crippen LogP contribution in [0.1, 0.15) is 122 Å². The van der Waals surface area contributed by atoms with Gasteiger partial charge in [0.1, 0.15) is 0 Å². The van der Waals surface area contributed by atoms with Crippen LogP contribution < -0.4 is 10.6 Å². The Balaban J connectivity index is 1.44. The first kappa shape index (κ1) is 27.0. The van der Waals surface area contributed by atoms with Gasteiger partial charge in [-0.1, -0.05) is 122 Å². The Kier molecular flexibility index (Phi) is 12.5. The van der Waals surface area contributed by atoms with Crippen LogP contribution in [0.3, 0.4) is 0 Å². The molecular formula is C26H46N2O3S. The number of hydrogen-bond acceptors (Lipinski definition) is 4. The van der Waals surface area contributed by atoms with Gasteiger partial charge in [-0.05, 0) is 18.6 Å². The highest BCUT2D eigenvalue weighted by molar-refractivity contribution is 7.87. The summed E-state index contributed by atoms with van der Waals surface area (Å²) < 4.78 is 33.9. The van der Waals surface area contributed by atoms with E-state index in [1.54, 1.807) is 0 Å². The smallest absolute Gasteiger partial charge is 0.308 e. The van der Waals surface area contributed by atoms with Gasteiger partial charge >= 0.3 is 10.1 Å². The molecule has 184 valence electrons. The summed E-state index contributed by atoms with van der Waals surface area (Å²) in [5, 5.41) is 5.99. The minimum Gasteiger partial charge on any atom is -0.347 e. The predicted molar refractivity (Wildman–Crippen MR) is 137 cm³/mol. The third-order valence-electron chi connectivity index (χ3n) is 6.67. The second kappa shape index (κ2) is 14.8. The van der Waals surface area contributed by atoms with Gasteiger partial charge in [-0.15, -0.1) is 0 Å². The molecule has 5 nitrogen and oxygen atoms in total. The summed E-state index contributed by atoms with van der Waals surface area (Å²) in [5.41, 5.74) is 1.44. The van der Waals surface area contributed by atoms with E-state index in [0.717, 1.165) is 30.6 Å². The summed E-state index contributed by atoms with van der Waals surface area (Å²) in [6, 6.07) is 7.35. The van der Waals surface area contributed by atoms with E-state index in [1.807, 2.05) is 24.3 Å². The van der Waals surface area contributed by atoms with Crippen LogP contribution in [0.5, 0.6) is 0 Å². The van der Waals surface area contributed by atoms with E-state index in [2.05, 4.69) is 17.6 Å². The van der Waals surface area contributed by atoms with Crippen LogP contribution in [0, 0.1) is 0 Å². The summed E-state index contributed by atoms with van der Waals surface area (Å²) in [7, 11) is -4.28. The van der Waals surface area contributed by atoms with Crippen LogP contribution in [0.25, 0.3) is 0 Å². The van der Waals surface area contributed by atoms with Gasteiger partial charge in [0.05, 0.1) is 11.4 Å². The molecule has 1 aliphatic rings. The minimum atomic E-state index is -4.28. The summed E-state index contributed by atoms with van der Waals surface area (Å²) in [5.74, 6) is 0. The molecule has 0 saturated carbocycles. The highest BCUT2D eigenvalue weighted by Gasteiger charge is 2.46. The van der Waals surface area contributed by atoms with Crippen molar-refractivity contribution in [1.29, 1.82) is 0 Å². The molecule has 0 aromatic heterocycles. The van der Waals surface area contributed by atoms with Crippen molar-refractivity contribution in [2.24, 2.45) is 0 Å². The largest absolute Gasteiger partial charge is 0.347 e. The first-order chi connectivity index (χ1) is 15.5. The number of fused-ring (bicyclic) bond motifs is 1. The fourth-order valence-electron chi connectivity index (χ4n) is 4.65. The first-order valence-corrected chi connectivity index (χ1v) is 14.5. The Morgan fingerprint density at radius 2 is 1.00 bits per heavy atom. The molecule has 0 saturated heterocycles. The standard InChI is InChI=1S/C26H46N2O3S/c1-2-3-4-5-6-7-8-9-10-11-12-13-14-15-16-17-20-23-26(32(29,30)31)27-24-21-18-19-22-25(24)28-26/h18-19,21-22,27-28H,2-17,20,23H2,1H3,(H,29,30,31). The van der Waals surface area contributed by atoms with Crippen LogP contribution in [0.15, 0.2) is 24.3 Å². The lowest BCUT2D eigenvalue weighted by Crippen LogP contribution is -2.49. The molecule has 6 heteroatoms. The number of hydrogen-bond donors (Lipinski definition) is 3. The number of para-hydroxylation sites is 2. The number of nitrogens with one attached hydrogen (secondary N) is 2. The van der Waals surface area contributed by atoms with Crippen molar-refractivity contribution < 1.29 is 13.0 Å². The van der Waals surface area contributed by atoms with E-state index in [0.29, 0.717) is 6.42 Å². The maximum absolute atomic E-state index is 12.1. The molecule has 0 atom stereocenters. The summed E-state index contributed by atoms with van der Waals surface area (Å²) in [6.07, 6.45) is 22.3. The lowest BCUT2D eigenvalue weighted by Gasteiger charge is -2.27. The van der Waals surface area contributed by atoms with Crippen molar-refractivity contribution in [2.75, 3.05) is 10.6 Å². The highest BCUT2D eigenvalue weighted by atomic mass is 32.2. The van der Waals surface area contributed by atoms with E-state index in [4.69, 9.17) is 0 Å². The fourth-order valence-corrected chi connectivity index (χ4v) is 5.53. The van der Waals surface area contributed by atoms with E-state index >= 15 is 0 Å². The molecule has 0 bridgehead atoms. The highest BCUT2D eigenvalue weighted by Crippen LogP contribution is 2.38. The van der Waals surface area contributed by atoms with E-state index in [9.17, 15) is 13.0 Å². The van der Waals surface area contributed by atoms with Gasteiger partial charge in [0.2, 0.25) is 4.99 Å². The van der Waals surface area contributed by atoms with Gasteiger partial charge in [-0.25, -0.2) is 0 Å². The SMILES string of the molecule is CCCCCCCCCCCCCCCCCCCC1(S(=O)(=O)O)Nc2ccccc2N1. The number of benzene rings is 1. The van der Waals surface area contributed by atoms with Crippen LogP contribution in [0.2, 0.25) is 0 Å². The van der Waals surface area contributed by atoms with E-state index in [-0.39, 0.29) is 0 Å². The number of anilines is 2. The predicted octanol–water partition coefficient (Wildman–Crippen LogP) is 8.11. The van der Waals surface area contributed by atoms with Crippen molar-refractivity contribution in [3.63, 3.8) is 0 Å². The van der Waals surface area contributed by atoms with Crippen molar-refractivity contribution in [3.05, 3.63) is 24.3 Å². The Morgan fingerprint density at radius 1 is 0.656 bits per heavy atom. The maximum atomic E-state index is 12.1. The van der Waals surface area contributed by atoms with Crippen LogP contribution in [-0.2, 0) is 10.1 Å². The average Bonchev–Trinajstić information content (AvgIpc) is 3.16. The minimum absolute atomic E-state index is 0.346. The lowest BCUT2D eigenvalue weighted by atomic mass is 10.0. The second-order valence-corrected chi connectivity index (χ2v) is 11.2. The van der Waals surface area contributed by atoms with Crippen molar-refractivity contribution >= 4 is 21.5 Å². The van der Waals surface area contributed by atoms with Crippen LogP contribution in [0.4, 0.5) is 11.4 Å². The van der Waals surface area contributed by atoms with Crippen molar-refractivity contribution in [1.82, 2.24) is 0 Å². The molecular weight excluding hydrogens is 420 g/mol. The van der Waals surface area contributed by atoms with Gasteiger partial charge in [-0.2, -0.15) is 8.42 Å². The molecule has 32 heavy (non-hydrogen) atoms. The molecule has 0 radical (unpaired) electrons. The fraction of sp³-hybridized carbons (Fsp3) is 0.769. The third-order valence-corrected chi connectivity index (χ3v) is 7.96. The average molecular weight is 467 g/mol. The van der Waals surface area contributed by atoms with Crippen LogP contribution in [-0.4, -0.2) is 18.0 Å². The Labute approximate surface area is 196 Å². The van der Waals surface area contributed by atoms with Crippen LogP contribution >= 0.6 is 0 Å². The Morgan fingerprint density at radius 3 is 1.34 bits per heavy atom. The van der Waals surface area contributed by atoms with Gasteiger partial charge < -0.3 is 10.6 Å². The van der Waals surface area contributed by atoms with Gasteiger partial charge in [0.15, 0.2) is 0 Å². The van der Waals surface area contributed by atoms with Gasteiger partial charge in [0, 0.05) is 6.42 Å². The summed E-state index contributed by atoms with van der Waals surface area (Å²) in [6.45, 7) is 2.27. The number of unbranched alkanes of at least 4 members (excludes halogenated alkanes) is 16. The molecule has 0 amide bonds. The molecule has 1 heterocycles. The Bertz CT molecular complexity index is 711. The molecule has 0 spiro atoms. The third kappa shape index (κ3) is 9.30. The normalized spacial score (nSPS) is 14.7. The molecule has 0 unspecified atom stereocenters.